The van der Waals surface area contributed by atoms with Crippen molar-refractivity contribution in [3.63, 3.8) is 0 Å². The average Bonchev–Trinajstić information content (AvgIpc) is 2.23. The highest BCUT2D eigenvalue weighted by atomic mass is 16.6. The second kappa shape index (κ2) is 4.60. The number of ether oxygens (including phenoxy) is 1. The van der Waals surface area contributed by atoms with Gasteiger partial charge in [-0.1, -0.05) is 6.92 Å². The standard InChI is InChI=1S/C14H25NO2/c1-5-6-15-11-7-10(8-12(15)9-11)13(16)17-14(2,3)4/h10-12H,5-9H2,1-4H3. The van der Waals surface area contributed by atoms with E-state index in [9.17, 15) is 4.79 Å². The highest BCUT2D eigenvalue weighted by Gasteiger charge is 2.47. The third-order valence-corrected chi connectivity index (χ3v) is 3.82. The third-order valence-electron chi connectivity index (χ3n) is 3.82. The first-order chi connectivity index (χ1) is 7.90. The Morgan fingerprint density at radius 3 is 2.29 bits per heavy atom. The molecule has 0 N–H and O–H groups in total. The quantitative estimate of drug-likeness (QED) is 0.709. The molecular formula is C14H25NO2. The molecule has 17 heavy (non-hydrogen) atoms. The number of rotatable bonds is 3. The summed E-state index contributed by atoms with van der Waals surface area (Å²) >= 11 is 0. The van der Waals surface area contributed by atoms with Crippen molar-refractivity contribution in [2.24, 2.45) is 5.92 Å². The summed E-state index contributed by atoms with van der Waals surface area (Å²) in [6.45, 7) is 9.24. The maximum absolute atomic E-state index is 12.0. The number of hydrogen-bond acceptors (Lipinski definition) is 3. The van der Waals surface area contributed by atoms with Crippen LogP contribution in [0.4, 0.5) is 0 Å². The Morgan fingerprint density at radius 1 is 1.24 bits per heavy atom. The van der Waals surface area contributed by atoms with Crippen LogP contribution in [0.25, 0.3) is 0 Å². The van der Waals surface area contributed by atoms with Gasteiger partial charge < -0.3 is 4.74 Å². The van der Waals surface area contributed by atoms with Crippen molar-refractivity contribution in [2.75, 3.05) is 6.54 Å². The normalized spacial score (nSPS) is 33.1. The Labute approximate surface area is 105 Å². The molecule has 2 atom stereocenters. The minimum Gasteiger partial charge on any atom is -0.460 e. The van der Waals surface area contributed by atoms with Gasteiger partial charge in [0.05, 0.1) is 5.92 Å². The van der Waals surface area contributed by atoms with E-state index in [2.05, 4.69) is 11.8 Å². The predicted octanol–water partition coefficient (Wildman–Crippen LogP) is 2.59. The molecule has 98 valence electrons. The first-order valence-corrected chi connectivity index (χ1v) is 6.89. The Hall–Kier alpha value is -0.570. The topological polar surface area (TPSA) is 29.5 Å². The first kappa shape index (κ1) is 12.9. The molecule has 2 bridgehead atoms. The average molecular weight is 239 g/mol. The molecule has 0 aromatic rings. The lowest BCUT2D eigenvalue weighted by molar-refractivity contribution is -0.167. The van der Waals surface area contributed by atoms with Gasteiger partial charge in [0.1, 0.15) is 5.60 Å². The fourth-order valence-electron chi connectivity index (χ4n) is 3.16. The van der Waals surface area contributed by atoms with Crippen LogP contribution in [0.15, 0.2) is 0 Å². The lowest BCUT2D eigenvalue weighted by Crippen LogP contribution is -2.61. The summed E-state index contributed by atoms with van der Waals surface area (Å²) in [5.74, 6) is 0.162. The number of fused-ring (bicyclic) bond motifs is 2. The van der Waals surface area contributed by atoms with Gasteiger partial charge in [0.2, 0.25) is 0 Å². The monoisotopic (exact) mass is 239 g/mol. The molecule has 0 aromatic carbocycles. The van der Waals surface area contributed by atoms with Gasteiger partial charge in [0.15, 0.2) is 0 Å². The molecule has 2 heterocycles. The van der Waals surface area contributed by atoms with Crippen LogP contribution in [0.5, 0.6) is 0 Å². The summed E-state index contributed by atoms with van der Waals surface area (Å²) in [6.07, 6.45) is 4.51. The molecular weight excluding hydrogens is 214 g/mol. The van der Waals surface area contributed by atoms with Crippen molar-refractivity contribution in [3.05, 3.63) is 0 Å². The molecule has 0 amide bonds. The molecule has 2 aliphatic heterocycles. The van der Waals surface area contributed by atoms with Gasteiger partial charge >= 0.3 is 5.97 Å². The Balaban J connectivity index is 1.85. The van der Waals surface area contributed by atoms with Crippen LogP contribution < -0.4 is 0 Å². The van der Waals surface area contributed by atoms with Crippen LogP contribution >= 0.6 is 0 Å². The highest BCUT2D eigenvalue weighted by molar-refractivity contribution is 5.73. The molecule has 3 aliphatic rings. The number of hydrogen-bond donors (Lipinski definition) is 0. The summed E-state index contributed by atoms with van der Waals surface area (Å²) in [4.78, 5) is 14.6. The third kappa shape index (κ3) is 2.82. The molecule has 3 heteroatoms. The molecule has 0 radical (unpaired) electrons. The number of esters is 1. The van der Waals surface area contributed by atoms with Gasteiger partial charge in [-0.25, -0.2) is 0 Å². The van der Waals surface area contributed by atoms with E-state index in [1.165, 1.54) is 19.4 Å². The summed E-state index contributed by atoms with van der Waals surface area (Å²) in [6, 6.07) is 1.29. The van der Waals surface area contributed by atoms with Crippen LogP contribution in [-0.4, -0.2) is 35.1 Å². The SMILES string of the molecule is CCCN1C2CC(C(=O)OC(C)(C)C)CC1C2. The van der Waals surface area contributed by atoms with Crippen molar-refractivity contribution in [3.8, 4) is 0 Å². The fourth-order valence-corrected chi connectivity index (χ4v) is 3.16. The van der Waals surface area contributed by atoms with Gasteiger partial charge in [0.25, 0.3) is 0 Å². The molecule has 2 unspecified atom stereocenters. The van der Waals surface area contributed by atoms with Gasteiger partial charge in [-0.15, -0.1) is 0 Å². The number of carbonyl (C=O) groups excluding carboxylic acids is 1. The van der Waals surface area contributed by atoms with E-state index in [-0.39, 0.29) is 17.5 Å². The summed E-state index contributed by atoms with van der Waals surface area (Å²) < 4.78 is 5.48. The van der Waals surface area contributed by atoms with Crippen LogP contribution in [-0.2, 0) is 9.53 Å². The molecule has 3 fully saturated rings. The Bertz CT molecular complexity index is 283. The van der Waals surface area contributed by atoms with E-state index >= 15 is 0 Å². The predicted molar refractivity (Wildman–Crippen MR) is 67.8 cm³/mol. The summed E-state index contributed by atoms with van der Waals surface area (Å²) in [5, 5.41) is 0. The van der Waals surface area contributed by atoms with Crippen LogP contribution in [0, 0.1) is 5.92 Å². The molecule has 1 aliphatic carbocycles. The van der Waals surface area contributed by atoms with Crippen molar-refractivity contribution < 1.29 is 9.53 Å². The Morgan fingerprint density at radius 2 is 1.82 bits per heavy atom. The van der Waals surface area contributed by atoms with E-state index in [1.807, 2.05) is 20.8 Å². The summed E-state index contributed by atoms with van der Waals surface area (Å²) in [7, 11) is 0. The lowest BCUT2D eigenvalue weighted by Gasteiger charge is -2.55. The van der Waals surface area contributed by atoms with Crippen LogP contribution in [0.1, 0.15) is 53.4 Å². The van der Waals surface area contributed by atoms with E-state index in [0.717, 1.165) is 12.8 Å². The second-order valence-corrected chi connectivity index (χ2v) is 6.48. The van der Waals surface area contributed by atoms with Crippen molar-refractivity contribution >= 4 is 5.97 Å². The number of piperidine rings is 1. The van der Waals surface area contributed by atoms with Crippen molar-refractivity contribution in [2.45, 2.75) is 71.1 Å². The van der Waals surface area contributed by atoms with Crippen LogP contribution in [0.2, 0.25) is 0 Å². The maximum Gasteiger partial charge on any atom is 0.309 e. The zero-order chi connectivity index (χ0) is 12.6. The van der Waals surface area contributed by atoms with Gasteiger partial charge in [-0.2, -0.15) is 0 Å². The summed E-state index contributed by atoms with van der Waals surface area (Å²) in [5.41, 5.74) is -0.345. The molecule has 1 saturated carbocycles. The van der Waals surface area contributed by atoms with Gasteiger partial charge in [-0.05, 0) is 53.0 Å². The fraction of sp³-hybridized carbons (Fsp3) is 0.929. The van der Waals surface area contributed by atoms with E-state index in [1.54, 1.807) is 0 Å². The van der Waals surface area contributed by atoms with Gasteiger partial charge in [0, 0.05) is 12.1 Å². The number of carbonyl (C=O) groups is 1. The zero-order valence-electron chi connectivity index (χ0n) is 11.5. The lowest BCUT2D eigenvalue weighted by atomic mass is 9.73. The first-order valence-electron chi connectivity index (χ1n) is 6.89. The molecule has 2 saturated heterocycles. The van der Waals surface area contributed by atoms with E-state index in [0.29, 0.717) is 12.1 Å². The van der Waals surface area contributed by atoms with Crippen molar-refractivity contribution in [1.29, 1.82) is 0 Å². The minimum atomic E-state index is -0.345. The largest absolute Gasteiger partial charge is 0.460 e. The van der Waals surface area contributed by atoms with E-state index < -0.39 is 0 Å². The van der Waals surface area contributed by atoms with Gasteiger partial charge in [-0.3, -0.25) is 9.69 Å². The van der Waals surface area contributed by atoms with Crippen molar-refractivity contribution in [1.82, 2.24) is 4.90 Å². The highest BCUT2D eigenvalue weighted by Crippen LogP contribution is 2.41. The molecule has 3 rings (SSSR count). The molecule has 0 aromatic heterocycles. The molecule has 3 nitrogen and oxygen atoms in total. The van der Waals surface area contributed by atoms with E-state index in [4.69, 9.17) is 4.74 Å². The van der Waals surface area contributed by atoms with Crippen LogP contribution in [0.3, 0.4) is 0 Å². The smallest absolute Gasteiger partial charge is 0.309 e. The molecule has 0 spiro atoms. The maximum atomic E-state index is 12.0. The number of nitrogens with zero attached hydrogens (tertiary/aromatic N) is 1. The zero-order valence-corrected chi connectivity index (χ0v) is 11.5. The minimum absolute atomic E-state index is 0.0170. The Kier molecular flexibility index (Phi) is 3.48. The second-order valence-electron chi connectivity index (χ2n) is 6.48.